The number of nitrogens with two attached hydrogens (primary N) is 1. The summed E-state index contributed by atoms with van der Waals surface area (Å²) in [6.45, 7) is 2.52. The summed E-state index contributed by atoms with van der Waals surface area (Å²) in [5.74, 6) is 0.00781. The van der Waals surface area contributed by atoms with Crippen molar-refractivity contribution in [1.82, 2.24) is 34.4 Å². The molecule has 12 heteroatoms. The highest BCUT2D eigenvalue weighted by Gasteiger charge is 2.45. The van der Waals surface area contributed by atoms with Crippen molar-refractivity contribution in [3.8, 4) is 22.6 Å². The topological polar surface area (TPSA) is 161 Å². The highest BCUT2D eigenvalue weighted by molar-refractivity contribution is 6.00. The number of hydrogen-bond acceptors (Lipinski definition) is 9. The van der Waals surface area contributed by atoms with E-state index in [9.17, 15) is 14.4 Å². The van der Waals surface area contributed by atoms with Gasteiger partial charge in [0.25, 0.3) is 5.91 Å². The van der Waals surface area contributed by atoms with Crippen LogP contribution in [-0.4, -0.2) is 70.8 Å². The van der Waals surface area contributed by atoms with E-state index in [0.717, 1.165) is 24.0 Å². The van der Waals surface area contributed by atoms with Gasteiger partial charge in [-0.25, -0.2) is 9.97 Å². The lowest BCUT2D eigenvalue weighted by Gasteiger charge is -2.39. The summed E-state index contributed by atoms with van der Waals surface area (Å²) in [5, 5.41) is 4.44. The molecule has 200 valence electrons. The van der Waals surface area contributed by atoms with Crippen molar-refractivity contribution in [2.75, 3.05) is 12.3 Å². The molecule has 4 aromatic rings. The number of H-pyrrole nitrogens is 1. The first-order valence-electron chi connectivity index (χ1n) is 12.9. The number of nitrogen functional groups attached to an aromatic ring is 1. The third kappa shape index (κ3) is 4.31. The first kappa shape index (κ1) is 24.7. The van der Waals surface area contributed by atoms with E-state index in [1.165, 1.54) is 18.4 Å². The van der Waals surface area contributed by atoms with Gasteiger partial charge >= 0.3 is 5.97 Å². The summed E-state index contributed by atoms with van der Waals surface area (Å²) in [5.41, 5.74) is 10.3. The number of aromatic nitrogens is 6. The van der Waals surface area contributed by atoms with Crippen molar-refractivity contribution in [3.63, 3.8) is 0 Å². The molecule has 2 fully saturated rings. The number of aromatic amines is 1. The fourth-order valence-electron chi connectivity index (χ4n) is 6.04. The fraction of sp³-hybridized carbons (Fsp3) is 0.370. The quantitative estimate of drug-likeness (QED) is 0.283. The molecule has 3 N–H and O–H groups in total. The third-order valence-corrected chi connectivity index (χ3v) is 7.68. The minimum Gasteiger partial charge on any atom is -0.456 e. The zero-order chi connectivity index (χ0) is 27.3. The van der Waals surface area contributed by atoms with Crippen LogP contribution in [0.4, 0.5) is 5.82 Å². The molecule has 2 aliphatic heterocycles. The van der Waals surface area contributed by atoms with E-state index < -0.39 is 5.97 Å². The molecule has 2 saturated heterocycles. The molecule has 0 spiro atoms. The van der Waals surface area contributed by atoms with Crippen LogP contribution < -0.4 is 5.73 Å². The number of pyridine rings is 1. The maximum atomic E-state index is 12.8. The van der Waals surface area contributed by atoms with Gasteiger partial charge in [-0.05, 0) is 38.7 Å². The monoisotopic (exact) mass is 528 g/mol. The molecule has 2 aliphatic rings. The van der Waals surface area contributed by atoms with Gasteiger partial charge in [-0.15, -0.1) is 0 Å². The second kappa shape index (κ2) is 9.61. The van der Waals surface area contributed by atoms with Gasteiger partial charge in [-0.1, -0.05) is 6.07 Å². The highest BCUT2D eigenvalue weighted by atomic mass is 16.5. The number of ketones is 1. The van der Waals surface area contributed by atoms with Gasteiger partial charge in [-0.2, -0.15) is 9.61 Å². The van der Waals surface area contributed by atoms with Gasteiger partial charge in [0, 0.05) is 54.6 Å². The predicted molar refractivity (Wildman–Crippen MR) is 140 cm³/mol. The zero-order valence-corrected chi connectivity index (χ0v) is 21.6. The Hall–Kier alpha value is -4.61. The Bertz CT molecular complexity index is 1560. The van der Waals surface area contributed by atoms with E-state index in [1.54, 1.807) is 24.8 Å². The van der Waals surface area contributed by atoms with E-state index in [4.69, 9.17) is 15.5 Å². The van der Waals surface area contributed by atoms with Crippen LogP contribution in [0.5, 0.6) is 0 Å². The van der Waals surface area contributed by atoms with Crippen LogP contribution in [0.2, 0.25) is 0 Å². The number of rotatable bonds is 6. The Morgan fingerprint density at radius 2 is 1.87 bits per heavy atom. The third-order valence-electron chi connectivity index (χ3n) is 7.68. The van der Waals surface area contributed by atoms with Crippen LogP contribution in [0.1, 0.15) is 61.5 Å². The van der Waals surface area contributed by atoms with Crippen molar-refractivity contribution >= 4 is 29.1 Å². The largest absolute Gasteiger partial charge is 0.456 e. The number of fused-ring (bicyclic) bond motifs is 3. The van der Waals surface area contributed by atoms with E-state index in [-0.39, 0.29) is 42.1 Å². The molecule has 0 aromatic carbocycles. The number of carbonyl (C=O) groups is 3. The summed E-state index contributed by atoms with van der Waals surface area (Å²) in [4.78, 5) is 55.5. The first-order valence-corrected chi connectivity index (χ1v) is 12.9. The number of nitrogens with zero attached hydrogens (tertiary/aromatic N) is 6. The van der Waals surface area contributed by atoms with Crippen molar-refractivity contribution < 1.29 is 19.1 Å². The van der Waals surface area contributed by atoms with Gasteiger partial charge in [0.05, 0.1) is 17.5 Å². The molecule has 1 amide bonds. The van der Waals surface area contributed by atoms with Gasteiger partial charge in [0.15, 0.2) is 23.9 Å². The normalized spacial score (nSPS) is 20.4. The Kier molecular flexibility index (Phi) is 6.09. The number of anilines is 1. The van der Waals surface area contributed by atoms with Crippen LogP contribution in [0.25, 0.3) is 28.3 Å². The lowest BCUT2D eigenvalue weighted by molar-refractivity contribution is -0.152. The van der Waals surface area contributed by atoms with E-state index in [1.807, 2.05) is 17.0 Å². The number of ether oxygens (including phenoxy) is 1. The molecule has 12 nitrogen and oxygen atoms in total. The smallest absolute Gasteiger partial charge is 0.303 e. The van der Waals surface area contributed by atoms with E-state index >= 15 is 0 Å². The number of imidazole rings is 1. The molecule has 0 aliphatic carbocycles. The molecular weight excluding hydrogens is 500 g/mol. The number of nitrogens with one attached hydrogen (secondary N) is 1. The Morgan fingerprint density at radius 1 is 1.10 bits per heavy atom. The molecule has 39 heavy (non-hydrogen) atoms. The van der Waals surface area contributed by atoms with E-state index in [2.05, 4.69) is 20.1 Å². The number of hydrogen-bond donors (Lipinski definition) is 2. The number of amides is 1. The average molecular weight is 529 g/mol. The summed E-state index contributed by atoms with van der Waals surface area (Å²) in [6.07, 6.45) is 9.82. The predicted octanol–water partition coefficient (Wildman–Crippen LogP) is 2.77. The molecule has 0 saturated carbocycles. The lowest BCUT2D eigenvalue weighted by Crippen LogP contribution is -2.48. The number of piperidine rings is 1. The molecular formula is C27H28N8O4. The number of esters is 1. The Labute approximate surface area is 223 Å². The molecule has 6 heterocycles. The van der Waals surface area contributed by atoms with Crippen molar-refractivity contribution in [2.45, 2.75) is 57.5 Å². The van der Waals surface area contributed by atoms with Gasteiger partial charge in [-0.3, -0.25) is 19.4 Å². The Morgan fingerprint density at radius 3 is 2.49 bits per heavy atom. The highest BCUT2D eigenvalue weighted by Crippen LogP contribution is 2.44. The summed E-state index contributed by atoms with van der Waals surface area (Å²) in [6, 6.07) is 3.76. The fourth-order valence-corrected chi connectivity index (χ4v) is 6.04. The number of Topliss-reactive ketones (excluding diaryl/α,β-unsaturated/α-hetero) is 1. The minimum atomic E-state index is -0.480. The average Bonchev–Trinajstić information content (AvgIpc) is 3.65. The van der Waals surface area contributed by atoms with Gasteiger partial charge in [0.2, 0.25) is 0 Å². The number of carbonyl (C=O) groups excluding carboxylic acids is 3. The maximum absolute atomic E-state index is 12.8. The first-order chi connectivity index (χ1) is 18.8. The summed E-state index contributed by atoms with van der Waals surface area (Å²) < 4.78 is 6.46. The molecule has 4 aromatic heterocycles. The van der Waals surface area contributed by atoms with Crippen LogP contribution in [-0.2, 0) is 14.3 Å². The SMILES string of the molecule is CC(=O)OCC(=O)N1[C@@H]2CC[C@H]1CC(c1nc3c(-c4ccc(-c5ncc[nH]5)nc4)cnn3c(N)c1C(C)=O)C2. The second-order valence-corrected chi connectivity index (χ2v) is 10.1. The standard InChI is InChI=1S/C27H28N8O4/c1-14(36)23-24(17-9-18-4-5-19(10-17)34(18)22(38)13-39-15(2)37)33-27-20(12-32-35(27)25(23)28)16-3-6-21(31-11-16)26-29-7-8-30-26/h3,6-8,11-12,17-19H,4-5,9-10,13,28H2,1-2H3,(H,29,30)/t17?,18-,19+. The van der Waals surface area contributed by atoms with E-state index in [0.29, 0.717) is 41.3 Å². The van der Waals surface area contributed by atoms with Crippen LogP contribution in [0.3, 0.4) is 0 Å². The summed E-state index contributed by atoms with van der Waals surface area (Å²) in [7, 11) is 0. The van der Waals surface area contributed by atoms with Crippen molar-refractivity contribution in [1.29, 1.82) is 0 Å². The Balaban J connectivity index is 1.35. The minimum absolute atomic E-state index is 0.0152. The van der Waals surface area contributed by atoms with Crippen LogP contribution in [0.15, 0.2) is 36.9 Å². The van der Waals surface area contributed by atoms with Gasteiger partial charge in [0.1, 0.15) is 11.5 Å². The molecule has 6 rings (SSSR count). The summed E-state index contributed by atoms with van der Waals surface area (Å²) >= 11 is 0. The zero-order valence-electron chi connectivity index (χ0n) is 21.6. The molecule has 0 radical (unpaired) electrons. The molecule has 3 atom stereocenters. The van der Waals surface area contributed by atoms with Crippen LogP contribution >= 0.6 is 0 Å². The lowest BCUT2D eigenvalue weighted by atomic mass is 9.85. The molecule has 1 unspecified atom stereocenters. The second-order valence-electron chi connectivity index (χ2n) is 10.1. The molecule has 2 bridgehead atoms. The maximum Gasteiger partial charge on any atom is 0.303 e. The van der Waals surface area contributed by atoms with Crippen molar-refractivity contribution in [2.24, 2.45) is 0 Å². The van der Waals surface area contributed by atoms with Crippen LogP contribution in [0, 0.1) is 0 Å². The van der Waals surface area contributed by atoms with Crippen molar-refractivity contribution in [3.05, 3.63) is 48.2 Å². The van der Waals surface area contributed by atoms with Gasteiger partial charge < -0.3 is 20.4 Å².